The van der Waals surface area contributed by atoms with Crippen LogP contribution in [0, 0.1) is 0 Å². The van der Waals surface area contributed by atoms with Gasteiger partial charge < -0.3 is 9.15 Å². The molecule has 0 unspecified atom stereocenters. The van der Waals surface area contributed by atoms with Gasteiger partial charge in [0.1, 0.15) is 0 Å². The molecule has 0 fully saturated rings. The molecule has 0 aliphatic rings. The van der Waals surface area contributed by atoms with Crippen LogP contribution in [0.4, 0.5) is 8.78 Å². The van der Waals surface area contributed by atoms with E-state index in [0.717, 1.165) is 0 Å². The van der Waals surface area contributed by atoms with Crippen molar-refractivity contribution in [2.75, 3.05) is 0 Å². The molecule has 6 heteroatoms. The minimum Gasteiger partial charge on any atom is -0.439 e. The summed E-state index contributed by atoms with van der Waals surface area (Å²) in [6.07, 6.45) is 0. The van der Waals surface area contributed by atoms with Gasteiger partial charge in [-0.2, -0.15) is 8.78 Å². The molecule has 2 aromatic rings. The Kier molecular flexibility index (Phi) is 2.73. The monoisotopic (exact) mass is 233 g/mol. The standard InChI is InChI=1S/C9H6ClF2NO2/c10-4-7-13-8-5(14-7)2-1-3-6(8)15-9(11)12/h1-3,9H,4H2. The molecule has 0 aliphatic heterocycles. The van der Waals surface area contributed by atoms with Crippen LogP contribution >= 0.6 is 11.6 Å². The van der Waals surface area contributed by atoms with Crippen LogP contribution in [0.3, 0.4) is 0 Å². The number of para-hydroxylation sites is 1. The van der Waals surface area contributed by atoms with Crippen LogP contribution in [-0.4, -0.2) is 11.6 Å². The fraction of sp³-hybridized carbons (Fsp3) is 0.222. The van der Waals surface area contributed by atoms with Crippen molar-refractivity contribution in [1.29, 1.82) is 0 Å². The van der Waals surface area contributed by atoms with Crippen molar-refractivity contribution in [3.63, 3.8) is 0 Å². The first kappa shape index (κ1) is 10.2. The average Bonchev–Trinajstić information content (AvgIpc) is 2.61. The van der Waals surface area contributed by atoms with Crippen LogP contribution in [0.25, 0.3) is 11.1 Å². The van der Waals surface area contributed by atoms with E-state index in [9.17, 15) is 8.78 Å². The van der Waals surface area contributed by atoms with Gasteiger partial charge in [-0.15, -0.1) is 11.6 Å². The van der Waals surface area contributed by atoms with E-state index in [-0.39, 0.29) is 23.0 Å². The van der Waals surface area contributed by atoms with Crippen molar-refractivity contribution in [3.8, 4) is 5.75 Å². The van der Waals surface area contributed by atoms with Crippen LogP contribution < -0.4 is 4.74 Å². The van der Waals surface area contributed by atoms with Crippen molar-refractivity contribution in [1.82, 2.24) is 4.98 Å². The van der Waals surface area contributed by atoms with Gasteiger partial charge in [-0.1, -0.05) is 6.07 Å². The van der Waals surface area contributed by atoms with E-state index < -0.39 is 6.61 Å². The lowest BCUT2D eigenvalue weighted by atomic mass is 10.3. The maximum Gasteiger partial charge on any atom is 0.387 e. The lowest BCUT2D eigenvalue weighted by molar-refractivity contribution is -0.0489. The molecule has 0 spiro atoms. The summed E-state index contributed by atoms with van der Waals surface area (Å²) in [5.41, 5.74) is 0.636. The van der Waals surface area contributed by atoms with Crippen molar-refractivity contribution in [2.45, 2.75) is 12.5 Å². The molecule has 0 saturated carbocycles. The number of nitrogens with zero attached hydrogens (tertiary/aromatic N) is 1. The Hall–Kier alpha value is -1.36. The smallest absolute Gasteiger partial charge is 0.387 e. The van der Waals surface area contributed by atoms with Gasteiger partial charge in [0.15, 0.2) is 16.8 Å². The zero-order chi connectivity index (χ0) is 10.8. The number of fused-ring (bicyclic) bond motifs is 1. The highest BCUT2D eigenvalue weighted by atomic mass is 35.5. The maximum absolute atomic E-state index is 12.0. The average molecular weight is 234 g/mol. The lowest BCUT2D eigenvalue weighted by Gasteiger charge is -2.02. The molecule has 0 bridgehead atoms. The summed E-state index contributed by atoms with van der Waals surface area (Å²) < 4.78 is 33.5. The van der Waals surface area contributed by atoms with Crippen LogP contribution in [0.1, 0.15) is 5.89 Å². The SMILES string of the molecule is FC(F)Oc1cccc2oc(CCl)nc12. The minimum atomic E-state index is -2.88. The maximum atomic E-state index is 12.0. The largest absolute Gasteiger partial charge is 0.439 e. The van der Waals surface area contributed by atoms with Crippen molar-refractivity contribution in [3.05, 3.63) is 24.1 Å². The summed E-state index contributed by atoms with van der Waals surface area (Å²) in [7, 11) is 0. The Bertz CT molecular complexity index is 472. The van der Waals surface area contributed by atoms with E-state index in [1.54, 1.807) is 12.1 Å². The second kappa shape index (κ2) is 4.02. The first-order chi connectivity index (χ1) is 7.20. The third-order valence-electron chi connectivity index (χ3n) is 1.76. The molecule has 1 aromatic heterocycles. The molecule has 1 aromatic carbocycles. The molecule has 0 N–H and O–H groups in total. The highest BCUT2D eigenvalue weighted by molar-refractivity contribution is 6.16. The van der Waals surface area contributed by atoms with E-state index in [0.29, 0.717) is 5.58 Å². The van der Waals surface area contributed by atoms with Gasteiger partial charge in [0.05, 0.1) is 5.88 Å². The molecule has 0 saturated heterocycles. The van der Waals surface area contributed by atoms with E-state index in [4.69, 9.17) is 16.0 Å². The molecular weight excluding hydrogens is 228 g/mol. The molecule has 0 radical (unpaired) electrons. The highest BCUT2D eigenvalue weighted by Crippen LogP contribution is 2.27. The number of rotatable bonds is 3. The summed E-state index contributed by atoms with van der Waals surface area (Å²) in [6.45, 7) is -2.88. The quantitative estimate of drug-likeness (QED) is 0.764. The van der Waals surface area contributed by atoms with Crippen LogP contribution in [0.15, 0.2) is 22.6 Å². The van der Waals surface area contributed by atoms with Gasteiger partial charge in [0.2, 0.25) is 5.89 Å². The van der Waals surface area contributed by atoms with Crippen molar-refractivity contribution >= 4 is 22.7 Å². The summed E-state index contributed by atoms with van der Waals surface area (Å²) in [6, 6.07) is 4.55. The fourth-order valence-corrected chi connectivity index (χ4v) is 1.33. The first-order valence-corrected chi connectivity index (χ1v) is 4.63. The highest BCUT2D eigenvalue weighted by Gasteiger charge is 2.13. The zero-order valence-electron chi connectivity index (χ0n) is 7.41. The van der Waals surface area contributed by atoms with Crippen LogP contribution in [-0.2, 0) is 5.88 Å². The Balaban J connectivity index is 2.49. The molecular formula is C9H6ClF2NO2. The van der Waals surface area contributed by atoms with E-state index in [2.05, 4.69) is 9.72 Å². The van der Waals surface area contributed by atoms with Crippen molar-refractivity contribution in [2.24, 2.45) is 0 Å². The second-order valence-electron chi connectivity index (χ2n) is 2.72. The van der Waals surface area contributed by atoms with Crippen LogP contribution in [0.5, 0.6) is 5.75 Å². The Labute approximate surface area is 88.6 Å². The normalized spacial score (nSPS) is 11.2. The predicted octanol–water partition coefficient (Wildman–Crippen LogP) is 3.17. The van der Waals surface area contributed by atoms with Crippen molar-refractivity contribution < 1.29 is 17.9 Å². The van der Waals surface area contributed by atoms with Gasteiger partial charge in [-0.05, 0) is 12.1 Å². The predicted molar refractivity (Wildman–Crippen MR) is 50.2 cm³/mol. The molecule has 1 heterocycles. The Morgan fingerprint density at radius 3 is 2.93 bits per heavy atom. The number of ether oxygens (including phenoxy) is 1. The zero-order valence-corrected chi connectivity index (χ0v) is 8.17. The molecule has 15 heavy (non-hydrogen) atoms. The summed E-state index contributed by atoms with van der Waals surface area (Å²) >= 11 is 5.51. The van der Waals surface area contributed by atoms with Gasteiger partial charge in [-0.25, -0.2) is 4.98 Å². The number of alkyl halides is 3. The molecule has 3 nitrogen and oxygen atoms in total. The van der Waals surface area contributed by atoms with Gasteiger partial charge in [0.25, 0.3) is 0 Å². The number of benzene rings is 1. The number of hydrogen-bond donors (Lipinski definition) is 0. The molecule has 0 aliphatic carbocycles. The molecule has 2 rings (SSSR count). The number of halogens is 3. The van der Waals surface area contributed by atoms with E-state index in [1.807, 2.05) is 0 Å². The number of hydrogen-bond acceptors (Lipinski definition) is 3. The molecule has 0 amide bonds. The topological polar surface area (TPSA) is 35.3 Å². The number of aromatic nitrogens is 1. The number of oxazole rings is 1. The van der Waals surface area contributed by atoms with Gasteiger partial charge in [-0.3, -0.25) is 0 Å². The third-order valence-corrected chi connectivity index (χ3v) is 1.99. The van der Waals surface area contributed by atoms with E-state index >= 15 is 0 Å². The molecule has 80 valence electrons. The summed E-state index contributed by atoms with van der Waals surface area (Å²) in [4.78, 5) is 3.93. The Morgan fingerprint density at radius 2 is 2.27 bits per heavy atom. The van der Waals surface area contributed by atoms with Gasteiger partial charge in [0, 0.05) is 0 Å². The lowest BCUT2D eigenvalue weighted by Crippen LogP contribution is -2.02. The second-order valence-corrected chi connectivity index (χ2v) is 2.99. The van der Waals surface area contributed by atoms with Gasteiger partial charge >= 0.3 is 6.61 Å². The molecule has 0 atom stereocenters. The van der Waals surface area contributed by atoms with Crippen LogP contribution in [0.2, 0.25) is 0 Å². The Morgan fingerprint density at radius 1 is 1.47 bits per heavy atom. The summed E-state index contributed by atoms with van der Waals surface area (Å²) in [5, 5.41) is 0. The minimum absolute atomic E-state index is 0.0115. The first-order valence-electron chi connectivity index (χ1n) is 4.10. The fourth-order valence-electron chi connectivity index (χ4n) is 1.22. The summed E-state index contributed by atoms with van der Waals surface area (Å²) in [5.74, 6) is 0.350. The van der Waals surface area contributed by atoms with E-state index in [1.165, 1.54) is 6.07 Å². The third kappa shape index (κ3) is 2.02.